The van der Waals surface area contributed by atoms with Crippen LogP contribution in [0.15, 0.2) is 18.2 Å². The maximum Gasteiger partial charge on any atom is 0.235 e. The molecule has 0 saturated carbocycles. The number of carbonyl (C=O) groups excluding carboxylic acids is 1. The van der Waals surface area contributed by atoms with Crippen LogP contribution >= 0.6 is 11.8 Å². The van der Waals surface area contributed by atoms with Crippen LogP contribution in [0, 0.1) is 6.92 Å². The quantitative estimate of drug-likeness (QED) is 0.804. The van der Waals surface area contributed by atoms with Gasteiger partial charge in [-0.15, -0.1) is 11.8 Å². The molecule has 0 spiro atoms. The largest absolute Gasteiger partial charge is 0.454 e. The van der Waals surface area contributed by atoms with Crippen LogP contribution in [0.25, 0.3) is 0 Å². The minimum absolute atomic E-state index is 0.0000470. The molecular formula is C21H25N3O4S. The first kappa shape index (κ1) is 18.8. The van der Waals surface area contributed by atoms with Crippen LogP contribution < -0.4 is 14.8 Å². The Balaban J connectivity index is 1.58. The fourth-order valence-corrected chi connectivity index (χ4v) is 5.60. The molecule has 1 fully saturated rings. The molecule has 154 valence electrons. The smallest absolute Gasteiger partial charge is 0.235 e. The van der Waals surface area contributed by atoms with Crippen molar-refractivity contribution in [2.45, 2.75) is 50.5 Å². The lowest BCUT2D eigenvalue weighted by Crippen LogP contribution is -2.36. The Hall–Kier alpha value is -2.19. The summed E-state index contributed by atoms with van der Waals surface area (Å²) in [5.41, 5.74) is 2.91. The summed E-state index contributed by atoms with van der Waals surface area (Å²) >= 11 is 1.62. The maximum absolute atomic E-state index is 12.5. The molecule has 0 aliphatic carbocycles. The standard InChI is InChI=1S/C21H25N3O4S/c1-12-18-19(13-4-5-15-16(8-13)27-11-26-15)29-10-17(25)22-20(18)24(23-12)14-6-7-28-21(2,3)9-14/h4-5,8,14,19H,6-7,9-11H2,1-3H3,(H,22,25)/t14-,19+/m1/s1. The van der Waals surface area contributed by atoms with E-state index in [0.717, 1.165) is 47.0 Å². The SMILES string of the molecule is Cc1nn([C@@H]2CCOC(C)(C)C2)c2c1[C@H](c1ccc3c(c1)OCO3)SCC(=O)N2. The molecular weight excluding hydrogens is 390 g/mol. The van der Waals surface area contributed by atoms with Gasteiger partial charge in [0.1, 0.15) is 5.82 Å². The normalized spacial score (nSPS) is 25.3. The number of amides is 1. The Bertz CT molecular complexity index is 971. The number of aromatic nitrogens is 2. The molecule has 3 aliphatic heterocycles. The van der Waals surface area contributed by atoms with E-state index >= 15 is 0 Å². The highest BCUT2D eigenvalue weighted by molar-refractivity contribution is 8.00. The first-order valence-electron chi connectivity index (χ1n) is 9.95. The molecule has 3 aliphatic rings. The minimum atomic E-state index is -0.199. The summed E-state index contributed by atoms with van der Waals surface area (Å²) in [6, 6.07) is 6.22. The Morgan fingerprint density at radius 2 is 2.10 bits per heavy atom. The third kappa shape index (κ3) is 3.38. The van der Waals surface area contributed by atoms with E-state index in [-0.39, 0.29) is 29.6 Å². The van der Waals surface area contributed by atoms with E-state index in [9.17, 15) is 4.79 Å². The van der Waals surface area contributed by atoms with Gasteiger partial charge in [0, 0.05) is 12.2 Å². The van der Waals surface area contributed by atoms with Crippen molar-refractivity contribution in [1.82, 2.24) is 9.78 Å². The molecule has 0 bridgehead atoms. The van der Waals surface area contributed by atoms with Gasteiger partial charge in [-0.3, -0.25) is 4.79 Å². The summed E-state index contributed by atoms with van der Waals surface area (Å²) in [7, 11) is 0. The number of nitrogens with zero attached hydrogens (tertiary/aromatic N) is 2. The van der Waals surface area contributed by atoms with Crippen molar-refractivity contribution in [1.29, 1.82) is 0 Å². The van der Waals surface area contributed by atoms with Gasteiger partial charge in [-0.25, -0.2) is 4.68 Å². The van der Waals surface area contributed by atoms with Gasteiger partial charge in [0.05, 0.1) is 28.3 Å². The molecule has 0 unspecified atom stereocenters. The number of benzene rings is 1. The Morgan fingerprint density at radius 3 is 2.93 bits per heavy atom. The highest BCUT2D eigenvalue weighted by Gasteiger charge is 2.36. The summed E-state index contributed by atoms with van der Waals surface area (Å²) in [4.78, 5) is 12.5. The molecule has 8 heteroatoms. The summed E-state index contributed by atoms with van der Waals surface area (Å²) < 4.78 is 18.9. The molecule has 5 rings (SSSR count). The van der Waals surface area contributed by atoms with E-state index in [2.05, 4.69) is 25.2 Å². The molecule has 2 atom stereocenters. The van der Waals surface area contributed by atoms with Crippen LogP contribution in [-0.2, 0) is 9.53 Å². The predicted molar refractivity (Wildman–Crippen MR) is 111 cm³/mol. The zero-order valence-corrected chi connectivity index (χ0v) is 17.7. The zero-order chi connectivity index (χ0) is 20.2. The molecule has 2 aromatic rings. The van der Waals surface area contributed by atoms with Gasteiger partial charge in [-0.1, -0.05) is 6.07 Å². The number of rotatable bonds is 2. The topological polar surface area (TPSA) is 74.6 Å². The third-order valence-corrected chi connectivity index (χ3v) is 7.02. The first-order chi connectivity index (χ1) is 13.9. The van der Waals surface area contributed by atoms with Crippen molar-refractivity contribution in [2.75, 3.05) is 24.5 Å². The van der Waals surface area contributed by atoms with Gasteiger partial charge >= 0.3 is 0 Å². The highest BCUT2D eigenvalue weighted by Crippen LogP contribution is 2.47. The van der Waals surface area contributed by atoms with Crippen LogP contribution in [-0.4, -0.2) is 40.4 Å². The van der Waals surface area contributed by atoms with Gasteiger partial charge in [-0.2, -0.15) is 5.10 Å². The van der Waals surface area contributed by atoms with Crippen molar-refractivity contribution >= 4 is 23.5 Å². The average Bonchev–Trinajstić information content (AvgIpc) is 3.21. The number of fused-ring (bicyclic) bond motifs is 2. The van der Waals surface area contributed by atoms with Crippen LogP contribution in [0.3, 0.4) is 0 Å². The van der Waals surface area contributed by atoms with Gasteiger partial charge in [-0.05, 0) is 51.3 Å². The van der Waals surface area contributed by atoms with Crippen LogP contribution in [0.1, 0.15) is 54.8 Å². The van der Waals surface area contributed by atoms with Crippen molar-refractivity contribution in [2.24, 2.45) is 0 Å². The van der Waals surface area contributed by atoms with Gasteiger partial charge in [0.25, 0.3) is 0 Å². The van der Waals surface area contributed by atoms with Crippen LogP contribution in [0.5, 0.6) is 11.5 Å². The Labute approximate surface area is 174 Å². The number of aryl methyl sites for hydroxylation is 1. The van der Waals surface area contributed by atoms with E-state index in [4.69, 9.17) is 19.3 Å². The summed E-state index contributed by atoms with van der Waals surface area (Å²) in [5.74, 6) is 2.74. The molecule has 29 heavy (non-hydrogen) atoms. The molecule has 0 radical (unpaired) electrons. The lowest BCUT2D eigenvalue weighted by molar-refractivity contribution is -0.113. The Kier molecular flexibility index (Phi) is 4.51. The number of hydrogen-bond donors (Lipinski definition) is 1. The second-order valence-electron chi connectivity index (χ2n) is 8.40. The van der Waals surface area contributed by atoms with Gasteiger partial charge in [0.2, 0.25) is 12.7 Å². The minimum Gasteiger partial charge on any atom is -0.454 e. The lowest BCUT2D eigenvalue weighted by Gasteiger charge is -2.36. The van der Waals surface area contributed by atoms with Crippen molar-refractivity contribution in [3.05, 3.63) is 35.0 Å². The van der Waals surface area contributed by atoms with Crippen molar-refractivity contribution in [3.63, 3.8) is 0 Å². The number of hydrogen-bond acceptors (Lipinski definition) is 6. The van der Waals surface area contributed by atoms with E-state index in [1.165, 1.54) is 0 Å². The van der Waals surface area contributed by atoms with E-state index < -0.39 is 0 Å². The molecule has 1 aromatic heterocycles. The second kappa shape index (κ2) is 6.95. The second-order valence-corrected chi connectivity index (χ2v) is 9.49. The predicted octanol–water partition coefficient (Wildman–Crippen LogP) is 3.83. The molecule has 1 N–H and O–H groups in total. The third-order valence-electron chi connectivity index (χ3n) is 5.75. The molecule has 1 amide bonds. The number of anilines is 1. The highest BCUT2D eigenvalue weighted by atomic mass is 32.2. The maximum atomic E-state index is 12.5. The molecule has 1 saturated heterocycles. The summed E-state index contributed by atoms with van der Waals surface area (Å²) in [6.07, 6.45) is 1.74. The van der Waals surface area contributed by atoms with Crippen molar-refractivity contribution in [3.8, 4) is 11.5 Å². The molecule has 1 aromatic carbocycles. The van der Waals surface area contributed by atoms with Gasteiger partial charge < -0.3 is 19.5 Å². The van der Waals surface area contributed by atoms with E-state index in [1.54, 1.807) is 11.8 Å². The number of carbonyl (C=O) groups is 1. The van der Waals surface area contributed by atoms with E-state index in [0.29, 0.717) is 12.4 Å². The number of ether oxygens (including phenoxy) is 3. The average molecular weight is 416 g/mol. The molecule has 7 nitrogen and oxygen atoms in total. The number of thioether (sulfide) groups is 1. The monoisotopic (exact) mass is 415 g/mol. The summed E-state index contributed by atoms with van der Waals surface area (Å²) in [5, 5.41) is 8.02. The van der Waals surface area contributed by atoms with E-state index in [1.807, 2.05) is 23.7 Å². The lowest BCUT2D eigenvalue weighted by atomic mass is 9.94. The fraction of sp³-hybridized carbons (Fsp3) is 0.524. The van der Waals surface area contributed by atoms with Crippen LogP contribution in [0.2, 0.25) is 0 Å². The first-order valence-corrected chi connectivity index (χ1v) is 11.0. The van der Waals surface area contributed by atoms with Gasteiger partial charge in [0.15, 0.2) is 11.5 Å². The fourth-order valence-electron chi connectivity index (χ4n) is 4.42. The van der Waals surface area contributed by atoms with Crippen molar-refractivity contribution < 1.29 is 19.0 Å². The number of nitrogens with one attached hydrogen (secondary N) is 1. The zero-order valence-electron chi connectivity index (χ0n) is 16.9. The summed E-state index contributed by atoms with van der Waals surface area (Å²) in [6.45, 7) is 7.19. The van der Waals surface area contributed by atoms with Crippen LogP contribution in [0.4, 0.5) is 5.82 Å². The Morgan fingerprint density at radius 1 is 1.28 bits per heavy atom. The molecule has 4 heterocycles.